The molecular weight excluding hydrogens is 277 g/mol. The molecule has 2 rings (SSSR count). The number of hydrogen-bond acceptors (Lipinski definition) is 3. The molecular formula is C14H8FN3O3. The fourth-order valence-electron chi connectivity index (χ4n) is 1.63. The molecule has 104 valence electrons. The summed E-state index contributed by atoms with van der Waals surface area (Å²) in [6, 6.07) is 8.34. The van der Waals surface area contributed by atoms with Gasteiger partial charge in [-0.25, -0.2) is 9.24 Å². The number of halogens is 1. The van der Waals surface area contributed by atoms with E-state index >= 15 is 0 Å². The first kappa shape index (κ1) is 14.1. The van der Waals surface area contributed by atoms with Gasteiger partial charge in [0.25, 0.3) is 11.6 Å². The van der Waals surface area contributed by atoms with Crippen molar-refractivity contribution in [1.29, 1.82) is 0 Å². The Balaban J connectivity index is 2.32. The maximum Gasteiger partial charge on any atom is 0.268 e. The number of non-ortho nitro benzene ring substituents is 1. The van der Waals surface area contributed by atoms with E-state index < -0.39 is 16.6 Å². The summed E-state index contributed by atoms with van der Waals surface area (Å²) in [7, 11) is 0. The quantitative estimate of drug-likeness (QED) is 0.532. The van der Waals surface area contributed by atoms with Crippen LogP contribution >= 0.6 is 0 Å². The number of hydrogen-bond donors (Lipinski definition) is 1. The van der Waals surface area contributed by atoms with Crippen molar-refractivity contribution in [2.45, 2.75) is 0 Å². The van der Waals surface area contributed by atoms with E-state index in [2.05, 4.69) is 10.2 Å². The molecule has 0 aliphatic heterocycles. The number of nitrogens with zero attached hydrogens (tertiary/aromatic N) is 2. The van der Waals surface area contributed by atoms with Gasteiger partial charge in [0.2, 0.25) is 5.69 Å². The lowest BCUT2D eigenvalue weighted by atomic mass is 10.2. The molecule has 1 amide bonds. The molecule has 2 aromatic rings. The summed E-state index contributed by atoms with van der Waals surface area (Å²) in [5, 5.41) is 13.1. The fraction of sp³-hybridized carbons (Fsp3) is 0. The Morgan fingerprint density at radius 2 is 1.90 bits per heavy atom. The first-order valence-electron chi connectivity index (χ1n) is 5.74. The van der Waals surface area contributed by atoms with Gasteiger partial charge in [0.05, 0.1) is 17.2 Å². The van der Waals surface area contributed by atoms with Gasteiger partial charge < -0.3 is 5.32 Å². The van der Waals surface area contributed by atoms with E-state index in [1.54, 1.807) is 0 Å². The van der Waals surface area contributed by atoms with Gasteiger partial charge in [-0.15, -0.1) is 0 Å². The van der Waals surface area contributed by atoms with Gasteiger partial charge in [0.15, 0.2) is 0 Å². The lowest BCUT2D eigenvalue weighted by Crippen LogP contribution is -2.12. The highest BCUT2D eigenvalue weighted by Gasteiger charge is 2.14. The van der Waals surface area contributed by atoms with E-state index in [9.17, 15) is 19.3 Å². The highest BCUT2D eigenvalue weighted by atomic mass is 19.1. The number of anilines is 1. The zero-order chi connectivity index (χ0) is 15.4. The average molecular weight is 285 g/mol. The standard InChI is InChI=1S/C14H8FN3O3/c1-16-12-7-6-11(18(20)21)8-13(12)17-14(19)9-2-4-10(15)5-3-9/h2-8H,(H,17,19). The number of nitrogens with one attached hydrogen (secondary N) is 1. The summed E-state index contributed by atoms with van der Waals surface area (Å²) in [6.45, 7) is 6.99. The van der Waals surface area contributed by atoms with Crippen LogP contribution in [0.15, 0.2) is 42.5 Å². The number of nitro benzene ring substituents is 1. The molecule has 0 aliphatic rings. The van der Waals surface area contributed by atoms with Crippen molar-refractivity contribution in [2.75, 3.05) is 5.32 Å². The molecule has 1 N–H and O–H groups in total. The largest absolute Gasteiger partial charge is 0.331 e. The molecule has 0 atom stereocenters. The molecule has 0 aromatic heterocycles. The SMILES string of the molecule is [C-]#[N+]c1ccc([N+](=O)[O-])cc1NC(=O)c1ccc(F)cc1. The van der Waals surface area contributed by atoms with Crippen LogP contribution in [-0.4, -0.2) is 10.8 Å². The van der Waals surface area contributed by atoms with Crippen LogP contribution in [0, 0.1) is 22.5 Å². The fourth-order valence-corrected chi connectivity index (χ4v) is 1.63. The molecule has 0 spiro atoms. The lowest BCUT2D eigenvalue weighted by Gasteiger charge is -2.07. The molecule has 21 heavy (non-hydrogen) atoms. The van der Waals surface area contributed by atoms with Gasteiger partial charge in [0, 0.05) is 17.7 Å². The average Bonchev–Trinajstić information content (AvgIpc) is 2.47. The van der Waals surface area contributed by atoms with Crippen molar-refractivity contribution < 1.29 is 14.1 Å². The smallest absolute Gasteiger partial charge is 0.268 e. The third kappa shape index (κ3) is 3.19. The summed E-state index contributed by atoms with van der Waals surface area (Å²) in [5.41, 5.74) is 0.0558. The van der Waals surface area contributed by atoms with Crippen LogP contribution < -0.4 is 5.32 Å². The molecule has 0 fully saturated rings. The van der Waals surface area contributed by atoms with E-state index in [1.165, 1.54) is 24.3 Å². The molecule has 0 aliphatic carbocycles. The van der Waals surface area contributed by atoms with Crippen molar-refractivity contribution in [1.82, 2.24) is 0 Å². The number of amides is 1. The lowest BCUT2D eigenvalue weighted by molar-refractivity contribution is -0.384. The van der Waals surface area contributed by atoms with Crippen LogP contribution in [0.3, 0.4) is 0 Å². The third-order valence-electron chi connectivity index (χ3n) is 2.67. The predicted molar refractivity (Wildman–Crippen MR) is 73.7 cm³/mol. The van der Waals surface area contributed by atoms with E-state index in [-0.39, 0.29) is 22.6 Å². The van der Waals surface area contributed by atoms with Crippen LogP contribution in [-0.2, 0) is 0 Å². The number of carbonyl (C=O) groups is 1. The zero-order valence-electron chi connectivity index (χ0n) is 10.5. The summed E-state index contributed by atoms with van der Waals surface area (Å²) >= 11 is 0. The van der Waals surface area contributed by atoms with Gasteiger partial charge in [-0.05, 0) is 30.3 Å². The van der Waals surface area contributed by atoms with E-state index in [1.807, 2.05) is 0 Å². The second kappa shape index (κ2) is 5.79. The van der Waals surface area contributed by atoms with Gasteiger partial charge in [0.1, 0.15) is 5.82 Å². The van der Waals surface area contributed by atoms with Crippen molar-refractivity contribution in [2.24, 2.45) is 0 Å². The Morgan fingerprint density at radius 3 is 2.48 bits per heavy atom. The highest BCUT2D eigenvalue weighted by molar-refractivity contribution is 6.06. The Bertz CT molecular complexity index is 751. The van der Waals surface area contributed by atoms with Gasteiger partial charge in [-0.1, -0.05) is 0 Å². The number of benzene rings is 2. The Kier molecular flexibility index (Phi) is 3.90. The molecule has 0 saturated carbocycles. The molecule has 0 heterocycles. The van der Waals surface area contributed by atoms with Gasteiger partial charge in [-0.3, -0.25) is 14.9 Å². The summed E-state index contributed by atoms with van der Waals surface area (Å²) in [4.78, 5) is 25.2. The van der Waals surface area contributed by atoms with Crippen molar-refractivity contribution in [3.63, 3.8) is 0 Å². The minimum absolute atomic E-state index is 0.0357. The number of carbonyl (C=O) groups excluding carboxylic acids is 1. The summed E-state index contributed by atoms with van der Waals surface area (Å²) < 4.78 is 12.8. The summed E-state index contributed by atoms with van der Waals surface area (Å²) in [6.07, 6.45) is 0. The first-order chi connectivity index (χ1) is 10.0. The molecule has 0 unspecified atom stereocenters. The normalized spacial score (nSPS) is 9.71. The van der Waals surface area contributed by atoms with Crippen molar-refractivity contribution >= 4 is 23.0 Å². The highest BCUT2D eigenvalue weighted by Crippen LogP contribution is 2.29. The van der Waals surface area contributed by atoms with Crippen LogP contribution in [0.1, 0.15) is 10.4 Å². The summed E-state index contributed by atoms with van der Waals surface area (Å²) in [5.74, 6) is -1.07. The Morgan fingerprint density at radius 1 is 1.24 bits per heavy atom. The van der Waals surface area contributed by atoms with Crippen LogP contribution in [0.2, 0.25) is 0 Å². The topological polar surface area (TPSA) is 76.6 Å². The molecule has 0 radical (unpaired) electrons. The molecule has 6 nitrogen and oxygen atoms in total. The second-order valence-corrected chi connectivity index (χ2v) is 4.03. The zero-order valence-corrected chi connectivity index (χ0v) is 10.5. The molecule has 0 saturated heterocycles. The molecule has 0 bridgehead atoms. The second-order valence-electron chi connectivity index (χ2n) is 4.03. The van der Waals surface area contributed by atoms with E-state index in [0.29, 0.717) is 0 Å². The van der Waals surface area contributed by atoms with E-state index in [4.69, 9.17) is 6.57 Å². The Labute approximate surface area is 118 Å². The van der Waals surface area contributed by atoms with E-state index in [0.717, 1.165) is 18.2 Å². The number of nitro groups is 1. The minimum atomic E-state index is -0.624. The Hall–Kier alpha value is -3.27. The molecule has 2 aromatic carbocycles. The molecule has 7 heteroatoms. The van der Waals surface area contributed by atoms with Crippen LogP contribution in [0.4, 0.5) is 21.5 Å². The minimum Gasteiger partial charge on any atom is -0.331 e. The van der Waals surface area contributed by atoms with Crippen LogP contribution in [0.5, 0.6) is 0 Å². The van der Waals surface area contributed by atoms with Crippen LogP contribution in [0.25, 0.3) is 4.85 Å². The maximum absolute atomic E-state index is 12.8. The van der Waals surface area contributed by atoms with Gasteiger partial charge in [-0.2, -0.15) is 0 Å². The predicted octanol–water partition coefficient (Wildman–Crippen LogP) is 3.54. The third-order valence-corrected chi connectivity index (χ3v) is 2.67. The monoisotopic (exact) mass is 285 g/mol. The maximum atomic E-state index is 12.8. The first-order valence-corrected chi connectivity index (χ1v) is 5.74. The number of rotatable bonds is 3. The van der Waals surface area contributed by atoms with Gasteiger partial charge >= 0.3 is 0 Å². The van der Waals surface area contributed by atoms with Crippen molar-refractivity contribution in [3.05, 3.63) is 75.4 Å². The van der Waals surface area contributed by atoms with Crippen molar-refractivity contribution in [3.8, 4) is 0 Å².